The van der Waals surface area contributed by atoms with Crippen LogP contribution in [0.3, 0.4) is 0 Å². The van der Waals surface area contributed by atoms with Crippen LogP contribution in [0.15, 0.2) is 0 Å². The van der Waals surface area contributed by atoms with Crippen molar-refractivity contribution in [2.24, 2.45) is 5.92 Å². The topological polar surface area (TPSA) is 67.9 Å². The van der Waals surface area contributed by atoms with Gasteiger partial charge in [-0.2, -0.15) is 0 Å². The molecule has 0 bridgehead atoms. The molecule has 0 radical (unpaired) electrons. The maximum absolute atomic E-state index is 12.3. The zero-order valence-corrected chi connectivity index (χ0v) is 13.1. The van der Waals surface area contributed by atoms with Crippen molar-refractivity contribution in [3.63, 3.8) is 0 Å². The first-order valence-corrected chi connectivity index (χ1v) is 6.99. The van der Waals surface area contributed by atoms with Crippen molar-refractivity contribution >= 4 is 12.0 Å². The minimum atomic E-state index is -0.578. The van der Waals surface area contributed by atoms with Gasteiger partial charge in [-0.05, 0) is 39.5 Å². The Kier molecular flexibility index (Phi) is 5.80. The highest BCUT2D eigenvalue weighted by Crippen LogP contribution is 2.20. The van der Waals surface area contributed by atoms with E-state index in [-0.39, 0.29) is 11.8 Å². The van der Waals surface area contributed by atoms with Crippen molar-refractivity contribution in [1.29, 1.82) is 0 Å². The van der Waals surface area contributed by atoms with Gasteiger partial charge >= 0.3 is 6.09 Å². The van der Waals surface area contributed by atoms with Crippen molar-refractivity contribution in [3.8, 4) is 0 Å². The number of carbonyl (C=O) groups is 2. The van der Waals surface area contributed by atoms with Gasteiger partial charge in [-0.1, -0.05) is 0 Å². The van der Waals surface area contributed by atoms with E-state index < -0.39 is 17.7 Å². The van der Waals surface area contributed by atoms with Gasteiger partial charge in [0.05, 0.1) is 0 Å². The van der Waals surface area contributed by atoms with Gasteiger partial charge in [-0.25, -0.2) is 4.79 Å². The van der Waals surface area contributed by atoms with E-state index in [2.05, 4.69) is 5.32 Å². The fourth-order valence-corrected chi connectivity index (χ4v) is 2.14. The summed E-state index contributed by atoms with van der Waals surface area (Å²) >= 11 is 0. The maximum atomic E-state index is 12.3. The number of alkyl carbamates (subject to hydrolysis) is 1. The zero-order valence-electron chi connectivity index (χ0n) is 13.1. The molecule has 116 valence electrons. The van der Waals surface area contributed by atoms with Gasteiger partial charge in [-0.3, -0.25) is 4.79 Å². The third-order valence-electron chi connectivity index (χ3n) is 3.12. The average Bonchev–Trinajstić information content (AvgIpc) is 2.34. The summed E-state index contributed by atoms with van der Waals surface area (Å²) in [5, 5.41) is 2.72. The minimum Gasteiger partial charge on any atom is -0.444 e. The summed E-state index contributed by atoms with van der Waals surface area (Å²) in [6, 6.07) is -0.552. The molecule has 0 aromatic rings. The Morgan fingerprint density at radius 3 is 2.25 bits per heavy atom. The van der Waals surface area contributed by atoms with Crippen molar-refractivity contribution in [2.45, 2.75) is 45.3 Å². The molecule has 1 atom stereocenters. The van der Waals surface area contributed by atoms with Crippen LogP contribution in [0.1, 0.15) is 33.6 Å². The largest absolute Gasteiger partial charge is 0.444 e. The number of amides is 2. The van der Waals surface area contributed by atoms with Gasteiger partial charge in [0.15, 0.2) is 0 Å². The second-order valence-corrected chi connectivity index (χ2v) is 6.31. The normalized spacial score (nSPS) is 18.2. The Morgan fingerprint density at radius 1 is 1.25 bits per heavy atom. The summed E-state index contributed by atoms with van der Waals surface area (Å²) < 4.78 is 10.5. The molecular formula is C14H26N2O4. The molecule has 0 saturated carbocycles. The lowest BCUT2D eigenvalue weighted by molar-refractivity contribution is -0.133. The number of rotatable bonds is 3. The van der Waals surface area contributed by atoms with Crippen LogP contribution in [0.4, 0.5) is 4.79 Å². The smallest absolute Gasteiger partial charge is 0.408 e. The Hall–Kier alpha value is -1.30. The number of nitrogens with zero attached hydrogens (tertiary/aromatic N) is 1. The highest BCUT2D eigenvalue weighted by Gasteiger charge is 2.33. The molecule has 1 aliphatic rings. The van der Waals surface area contributed by atoms with Crippen LogP contribution in [0.25, 0.3) is 0 Å². The molecule has 0 spiro atoms. The number of likely N-dealkylation sites (N-methyl/N-ethyl adjacent to an activating group) is 1. The van der Waals surface area contributed by atoms with Gasteiger partial charge in [0, 0.05) is 27.3 Å². The monoisotopic (exact) mass is 286 g/mol. The Bertz CT molecular complexity index is 344. The van der Waals surface area contributed by atoms with E-state index >= 15 is 0 Å². The molecule has 1 fully saturated rings. The maximum Gasteiger partial charge on any atom is 0.408 e. The Labute approximate surface area is 120 Å². The number of ether oxygens (including phenoxy) is 2. The molecule has 20 heavy (non-hydrogen) atoms. The number of hydrogen-bond acceptors (Lipinski definition) is 4. The lowest BCUT2D eigenvalue weighted by Gasteiger charge is -2.32. The van der Waals surface area contributed by atoms with Crippen molar-refractivity contribution in [3.05, 3.63) is 0 Å². The highest BCUT2D eigenvalue weighted by molar-refractivity contribution is 5.85. The van der Waals surface area contributed by atoms with Crippen LogP contribution >= 0.6 is 0 Å². The first-order valence-electron chi connectivity index (χ1n) is 6.99. The average molecular weight is 286 g/mol. The fraction of sp³-hybridized carbons (Fsp3) is 0.857. The molecule has 6 nitrogen and oxygen atoms in total. The van der Waals surface area contributed by atoms with Gasteiger partial charge in [-0.15, -0.1) is 0 Å². The SMILES string of the molecule is CN(C)C(=O)C(NC(=O)OC(C)(C)C)C1CCOCC1. The summed E-state index contributed by atoms with van der Waals surface area (Å²) in [6.07, 6.45) is 0.976. The van der Waals surface area contributed by atoms with Crippen LogP contribution in [-0.2, 0) is 14.3 Å². The highest BCUT2D eigenvalue weighted by atomic mass is 16.6. The van der Waals surface area contributed by atoms with E-state index in [0.717, 1.165) is 12.8 Å². The van der Waals surface area contributed by atoms with E-state index in [4.69, 9.17) is 9.47 Å². The van der Waals surface area contributed by atoms with Crippen LogP contribution in [-0.4, -0.2) is 55.9 Å². The molecule has 1 N–H and O–H groups in total. The molecule has 1 heterocycles. The molecular weight excluding hydrogens is 260 g/mol. The van der Waals surface area contributed by atoms with Crippen molar-refractivity contribution in [2.75, 3.05) is 27.3 Å². The molecule has 0 aromatic heterocycles. The van der Waals surface area contributed by atoms with E-state index in [9.17, 15) is 9.59 Å². The molecule has 1 saturated heterocycles. The second-order valence-electron chi connectivity index (χ2n) is 6.31. The van der Waals surface area contributed by atoms with Crippen LogP contribution in [0.2, 0.25) is 0 Å². The van der Waals surface area contributed by atoms with Crippen molar-refractivity contribution in [1.82, 2.24) is 10.2 Å². The molecule has 6 heteroatoms. The predicted molar refractivity (Wildman–Crippen MR) is 75.4 cm³/mol. The molecule has 0 aliphatic carbocycles. The summed E-state index contributed by atoms with van der Waals surface area (Å²) in [7, 11) is 3.37. The molecule has 2 amide bonds. The summed E-state index contributed by atoms with van der Waals surface area (Å²) in [6.45, 7) is 6.63. The minimum absolute atomic E-state index is 0.0890. The third-order valence-corrected chi connectivity index (χ3v) is 3.12. The molecule has 1 aliphatic heterocycles. The van der Waals surface area contributed by atoms with E-state index in [1.54, 1.807) is 34.9 Å². The molecule has 1 rings (SSSR count). The standard InChI is InChI=1S/C14H26N2O4/c1-14(2,3)20-13(18)15-11(12(17)16(4)5)10-6-8-19-9-7-10/h10-11H,6-9H2,1-5H3,(H,15,18). The quantitative estimate of drug-likeness (QED) is 0.851. The first-order chi connectivity index (χ1) is 9.20. The van der Waals surface area contributed by atoms with Crippen LogP contribution < -0.4 is 5.32 Å². The van der Waals surface area contributed by atoms with Crippen molar-refractivity contribution < 1.29 is 19.1 Å². The van der Waals surface area contributed by atoms with E-state index in [1.165, 1.54) is 4.90 Å². The number of nitrogens with one attached hydrogen (secondary N) is 1. The lowest BCUT2D eigenvalue weighted by atomic mass is 9.91. The van der Waals surface area contributed by atoms with Crippen LogP contribution in [0, 0.1) is 5.92 Å². The van der Waals surface area contributed by atoms with E-state index in [1.807, 2.05) is 0 Å². The molecule has 1 unspecified atom stereocenters. The van der Waals surface area contributed by atoms with Gasteiger partial charge in [0.2, 0.25) is 5.91 Å². The number of hydrogen-bond donors (Lipinski definition) is 1. The van der Waals surface area contributed by atoms with Crippen LogP contribution in [0.5, 0.6) is 0 Å². The summed E-state index contributed by atoms with van der Waals surface area (Å²) in [5.74, 6) is -0.0195. The number of carbonyl (C=O) groups excluding carboxylic acids is 2. The lowest BCUT2D eigenvalue weighted by Crippen LogP contribution is -2.52. The van der Waals surface area contributed by atoms with E-state index in [0.29, 0.717) is 13.2 Å². The zero-order chi connectivity index (χ0) is 15.3. The Balaban J connectivity index is 2.72. The van der Waals surface area contributed by atoms with Gasteiger partial charge in [0.25, 0.3) is 0 Å². The van der Waals surface area contributed by atoms with Gasteiger partial charge < -0.3 is 19.7 Å². The third kappa shape index (κ3) is 5.36. The Morgan fingerprint density at radius 2 is 1.80 bits per heavy atom. The molecule has 0 aromatic carbocycles. The predicted octanol–water partition coefficient (Wildman–Crippen LogP) is 1.39. The second kappa shape index (κ2) is 6.92. The van der Waals surface area contributed by atoms with Gasteiger partial charge in [0.1, 0.15) is 11.6 Å². The fourth-order valence-electron chi connectivity index (χ4n) is 2.14. The summed E-state index contributed by atoms with van der Waals surface area (Å²) in [4.78, 5) is 25.7. The summed E-state index contributed by atoms with van der Waals surface area (Å²) in [5.41, 5.74) is -0.578. The first kappa shape index (κ1) is 16.8.